The molecule has 0 aromatic rings. The van der Waals surface area contributed by atoms with E-state index in [1.54, 1.807) is 0 Å². The zero-order valence-electron chi connectivity index (χ0n) is 11.3. The van der Waals surface area contributed by atoms with Crippen LogP contribution in [0.5, 0.6) is 0 Å². The Morgan fingerprint density at radius 2 is 1.13 bits per heavy atom. The molecule has 0 rings (SSSR count). The van der Waals surface area contributed by atoms with E-state index in [0.717, 1.165) is 29.4 Å². The fourth-order valence-corrected chi connectivity index (χ4v) is 2.64. The van der Waals surface area contributed by atoms with Crippen molar-refractivity contribution in [3.63, 3.8) is 0 Å². The van der Waals surface area contributed by atoms with Gasteiger partial charge in [0.05, 0.1) is 0 Å². The number of thiol groups is 1. The van der Waals surface area contributed by atoms with E-state index in [2.05, 4.69) is 47.2 Å². The molecular weight excluding hydrogens is 200 g/mol. The molecule has 0 radical (unpaired) electrons. The normalized spacial score (nSPS) is 19.6. The summed E-state index contributed by atoms with van der Waals surface area (Å²) in [6, 6.07) is 0. The lowest BCUT2D eigenvalue weighted by Gasteiger charge is -2.21. The molecule has 4 unspecified atom stereocenters. The molecular formula is C14H30S. The molecule has 0 nitrogen and oxygen atoms in total. The second-order valence-electron chi connectivity index (χ2n) is 5.72. The number of hydrogen-bond acceptors (Lipinski definition) is 1. The molecule has 0 saturated heterocycles. The maximum Gasteiger partial charge on any atom is -0.00720 e. The molecule has 0 aliphatic heterocycles. The van der Waals surface area contributed by atoms with E-state index in [9.17, 15) is 0 Å². The lowest BCUT2D eigenvalue weighted by molar-refractivity contribution is 0.312. The van der Waals surface area contributed by atoms with Crippen molar-refractivity contribution in [2.24, 2.45) is 23.7 Å². The van der Waals surface area contributed by atoms with Crippen LogP contribution in [0, 0.1) is 23.7 Å². The van der Waals surface area contributed by atoms with Gasteiger partial charge < -0.3 is 0 Å². The SMILES string of the molecule is CCC(C)CC(C)CC(C)CC(C)CS. The second kappa shape index (κ2) is 8.50. The quantitative estimate of drug-likeness (QED) is 0.555. The van der Waals surface area contributed by atoms with Crippen LogP contribution in [0.1, 0.15) is 60.3 Å². The lowest BCUT2D eigenvalue weighted by atomic mass is 9.85. The fraction of sp³-hybridized carbons (Fsp3) is 1.00. The maximum absolute atomic E-state index is 4.35. The van der Waals surface area contributed by atoms with Crippen molar-refractivity contribution in [1.82, 2.24) is 0 Å². The Balaban J connectivity index is 3.70. The van der Waals surface area contributed by atoms with Crippen molar-refractivity contribution in [3.05, 3.63) is 0 Å². The summed E-state index contributed by atoms with van der Waals surface area (Å²) in [7, 11) is 0. The Kier molecular flexibility index (Phi) is 8.69. The predicted octanol–water partition coefficient (Wildman–Crippen LogP) is 5.04. The highest BCUT2D eigenvalue weighted by molar-refractivity contribution is 7.80. The van der Waals surface area contributed by atoms with Crippen molar-refractivity contribution < 1.29 is 0 Å². The highest BCUT2D eigenvalue weighted by Gasteiger charge is 2.13. The van der Waals surface area contributed by atoms with Crippen molar-refractivity contribution >= 4 is 12.6 Å². The highest BCUT2D eigenvalue weighted by Crippen LogP contribution is 2.25. The highest BCUT2D eigenvalue weighted by atomic mass is 32.1. The van der Waals surface area contributed by atoms with Crippen LogP contribution in [0.3, 0.4) is 0 Å². The standard InChI is InChI=1S/C14H30S/c1-6-11(2)7-12(3)8-13(4)9-14(5)10-15/h11-15H,6-10H2,1-5H3. The molecule has 0 bridgehead atoms. The molecule has 0 fully saturated rings. The molecule has 0 aromatic heterocycles. The van der Waals surface area contributed by atoms with Crippen molar-refractivity contribution in [2.75, 3.05) is 5.75 Å². The summed E-state index contributed by atoms with van der Waals surface area (Å²) in [4.78, 5) is 0. The smallest absolute Gasteiger partial charge is 0.00720 e. The number of hydrogen-bond donors (Lipinski definition) is 1. The van der Waals surface area contributed by atoms with Gasteiger partial charge in [0.15, 0.2) is 0 Å². The van der Waals surface area contributed by atoms with Gasteiger partial charge >= 0.3 is 0 Å². The average molecular weight is 230 g/mol. The van der Waals surface area contributed by atoms with Crippen LogP contribution in [0.4, 0.5) is 0 Å². The molecule has 0 N–H and O–H groups in total. The van der Waals surface area contributed by atoms with Gasteiger partial charge in [-0.2, -0.15) is 12.6 Å². The second-order valence-corrected chi connectivity index (χ2v) is 6.08. The molecule has 1 heteroatoms. The molecule has 0 heterocycles. The van der Waals surface area contributed by atoms with Crippen molar-refractivity contribution in [3.8, 4) is 0 Å². The van der Waals surface area contributed by atoms with Gasteiger partial charge in [-0.25, -0.2) is 0 Å². The van der Waals surface area contributed by atoms with E-state index in [-0.39, 0.29) is 0 Å². The molecule has 0 spiro atoms. The molecule has 15 heavy (non-hydrogen) atoms. The van der Waals surface area contributed by atoms with Gasteiger partial charge in [0.2, 0.25) is 0 Å². The minimum atomic E-state index is 0.777. The average Bonchev–Trinajstić information content (AvgIpc) is 2.16. The minimum Gasteiger partial charge on any atom is -0.179 e. The first-order valence-electron chi connectivity index (χ1n) is 6.60. The van der Waals surface area contributed by atoms with Crippen molar-refractivity contribution in [1.29, 1.82) is 0 Å². The van der Waals surface area contributed by atoms with E-state index in [1.807, 2.05) is 0 Å². The van der Waals surface area contributed by atoms with Crippen LogP contribution < -0.4 is 0 Å². The summed E-state index contributed by atoms with van der Waals surface area (Å²) in [5.74, 6) is 4.46. The predicted molar refractivity (Wildman–Crippen MR) is 74.7 cm³/mol. The van der Waals surface area contributed by atoms with Crippen LogP contribution in [-0.2, 0) is 0 Å². The molecule has 0 aliphatic rings. The van der Waals surface area contributed by atoms with Crippen molar-refractivity contribution in [2.45, 2.75) is 60.3 Å². The molecule has 0 saturated carbocycles. The van der Waals surface area contributed by atoms with Gasteiger partial charge in [-0.3, -0.25) is 0 Å². The minimum absolute atomic E-state index is 0.777. The third kappa shape index (κ3) is 8.19. The maximum atomic E-state index is 4.35. The molecule has 4 atom stereocenters. The lowest BCUT2D eigenvalue weighted by Crippen LogP contribution is -2.10. The summed E-state index contributed by atoms with van der Waals surface area (Å²) < 4.78 is 0. The molecule has 92 valence electrons. The van der Waals surface area contributed by atoms with Crippen LogP contribution in [-0.4, -0.2) is 5.75 Å². The first kappa shape index (κ1) is 15.3. The third-order valence-electron chi connectivity index (χ3n) is 3.42. The van der Waals surface area contributed by atoms with E-state index >= 15 is 0 Å². The van der Waals surface area contributed by atoms with Crippen LogP contribution >= 0.6 is 12.6 Å². The van der Waals surface area contributed by atoms with E-state index in [4.69, 9.17) is 0 Å². The van der Waals surface area contributed by atoms with Gasteiger partial charge in [-0.15, -0.1) is 0 Å². The Morgan fingerprint density at radius 1 is 0.733 bits per heavy atom. The van der Waals surface area contributed by atoms with E-state index < -0.39 is 0 Å². The first-order chi connectivity index (χ1) is 6.99. The van der Waals surface area contributed by atoms with Gasteiger partial charge in [-0.1, -0.05) is 41.0 Å². The topological polar surface area (TPSA) is 0 Å². The van der Waals surface area contributed by atoms with Gasteiger partial charge in [-0.05, 0) is 48.7 Å². The van der Waals surface area contributed by atoms with Crippen LogP contribution in [0.2, 0.25) is 0 Å². The molecule has 0 amide bonds. The summed E-state index contributed by atoms with van der Waals surface area (Å²) in [6.07, 6.45) is 5.46. The Bertz CT molecular complexity index is 128. The van der Waals surface area contributed by atoms with Crippen LogP contribution in [0.25, 0.3) is 0 Å². The Hall–Kier alpha value is 0.350. The zero-order chi connectivity index (χ0) is 11.8. The van der Waals surface area contributed by atoms with E-state index in [1.165, 1.54) is 25.7 Å². The summed E-state index contributed by atoms with van der Waals surface area (Å²) in [6.45, 7) is 11.8. The summed E-state index contributed by atoms with van der Waals surface area (Å²) >= 11 is 4.35. The third-order valence-corrected chi connectivity index (χ3v) is 4.05. The van der Waals surface area contributed by atoms with Crippen LogP contribution in [0.15, 0.2) is 0 Å². The number of rotatable bonds is 8. The fourth-order valence-electron chi connectivity index (χ4n) is 2.49. The Labute approximate surface area is 103 Å². The first-order valence-corrected chi connectivity index (χ1v) is 7.23. The van der Waals surface area contributed by atoms with Gasteiger partial charge in [0.25, 0.3) is 0 Å². The largest absolute Gasteiger partial charge is 0.179 e. The van der Waals surface area contributed by atoms with Gasteiger partial charge in [0.1, 0.15) is 0 Å². The Morgan fingerprint density at radius 3 is 1.53 bits per heavy atom. The molecule has 0 aliphatic carbocycles. The van der Waals surface area contributed by atoms with E-state index in [0.29, 0.717) is 0 Å². The zero-order valence-corrected chi connectivity index (χ0v) is 12.2. The summed E-state index contributed by atoms with van der Waals surface area (Å²) in [5, 5.41) is 0. The monoisotopic (exact) mass is 230 g/mol. The summed E-state index contributed by atoms with van der Waals surface area (Å²) in [5.41, 5.74) is 0. The molecule has 0 aromatic carbocycles. The van der Waals surface area contributed by atoms with Gasteiger partial charge in [0, 0.05) is 0 Å².